The molecular formula is C69H115NO8. The van der Waals surface area contributed by atoms with Crippen molar-refractivity contribution >= 4 is 17.9 Å². The second kappa shape index (κ2) is 58.8. The smallest absolute Gasteiger partial charge is 0.306 e. The van der Waals surface area contributed by atoms with Gasteiger partial charge in [-0.2, -0.15) is 0 Å². The fraction of sp³-hybridized carbons (Fsp3) is 0.667. The van der Waals surface area contributed by atoms with Gasteiger partial charge in [0.2, 0.25) is 0 Å². The van der Waals surface area contributed by atoms with E-state index in [0.717, 1.165) is 109 Å². The lowest BCUT2D eigenvalue weighted by Crippen LogP contribution is -2.44. The number of aliphatic carboxylic acids is 1. The number of allylic oxidation sites excluding steroid dienone is 20. The molecule has 0 aromatic carbocycles. The summed E-state index contributed by atoms with van der Waals surface area (Å²) in [7, 11) is 5.91. The van der Waals surface area contributed by atoms with Gasteiger partial charge < -0.3 is 33.3 Å². The number of nitrogens with zero attached hydrogens (tertiary/aromatic N) is 1. The lowest BCUT2D eigenvalue weighted by molar-refractivity contribution is -0.870. The SMILES string of the molecule is CC/C=C\C/C=C\C/C=C\C/C=C\C/C=C\C/C=C\C/C=C\C/C=C\C/C=C\C/C=C\CCCCCCCCCCC(=O)OC(COC(=O)CCCCCCCCCCCCCCCC)COC(OCC[N+](C)(C)C)C(=O)[O-]. The summed E-state index contributed by atoms with van der Waals surface area (Å²) in [6, 6.07) is 0. The standard InChI is InChI=1S/C69H115NO8/c1-6-8-10-12-14-16-18-20-22-23-24-25-26-27-28-29-30-31-32-33-34-35-36-37-38-39-40-41-42-43-44-45-46-48-50-52-54-56-58-60-67(72)78-65(64-77-69(68(73)74)75-62-61-70(3,4)5)63-76-66(71)59-57-55-53-51-49-47-21-19-17-15-13-11-9-7-2/h8,10,14,16,20,22,24-25,27-28,30-31,33-34,36-37,39-40,42-43,65,69H,6-7,9,11-13,15,17-19,21,23,26,29,32,35,38,41,44-64H2,1-5H3/b10-8-,16-14-,22-20-,25-24-,28-27-,31-30-,34-33-,37-36-,40-39-,43-42-. The number of carbonyl (C=O) groups excluding carboxylic acids is 3. The third kappa shape index (κ3) is 59.4. The molecule has 0 saturated carbocycles. The maximum absolute atomic E-state index is 12.9. The van der Waals surface area contributed by atoms with Crippen LogP contribution in [-0.4, -0.2) is 82.3 Å². The number of carboxylic acids is 1. The predicted molar refractivity (Wildman–Crippen MR) is 329 cm³/mol. The van der Waals surface area contributed by atoms with Gasteiger partial charge in [-0.25, -0.2) is 0 Å². The first-order valence-electron chi connectivity index (χ1n) is 31.2. The average molecular weight is 1090 g/mol. The zero-order valence-corrected chi connectivity index (χ0v) is 50.5. The van der Waals surface area contributed by atoms with Crippen molar-refractivity contribution < 1.29 is 42.9 Å². The van der Waals surface area contributed by atoms with Crippen LogP contribution in [0.25, 0.3) is 0 Å². The molecule has 0 aliphatic carbocycles. The Morgan fingerprint density at radius 2 is 0.731 bits per heavy atom. The lowest BCUT2D eigenvalue weighted by Gasteiger charge is -2.26. The summed E-state index contributed by atoms with van der Waals surface area (Å²) in [5.74, 6) is -2.30. The van der Waals surface area contributed by atoms with E-state index < -0.39 is 24.3 Å². The topological polar surface area (TPSA) is 111 Å². The van der Waals surface area contributed by atoms with E-state index in [1.807, 2.05) is 21.1 Å². The second-order valence-electron chi connectivity index (χ2n) is 21.6. The Balaban J connectivity index is 4.17. The first-order valence-corrected chi connectivity index (χ1v) is 31.2. The summed E-state index contributed by atoms with van der Waals surface area (Å²) in [5, 5.41) is 11.8. The molecule has 0 amide bonds. The predicted octanol–water partition coefficient (Wildman–Crippen LogP) is 17.5. The number of rotatable bonds is 56. The van der Waals surface area contributed by atoms with Crippen LogP contribution in [0.1, 0.15) is 239 Å². The highest BCUT2D eigenvalue weighted by atomic mass is 16.7. The van der Waals surface area contributed by atoms with E-state index in [4.69, 9.17) is 18.9 Å². The van der Waals surface area contributed by atoms with Crippen molar-refractivity contribution in [3.8, 4) is 0 Å². The quantitative estimate of drug-likeness (QED) is 0.0195. The van der Waals surface area contributed by atoms with Gasteiger partial charge in [0, 0.05) is 12.8 Å². The molecule has 0 aliphatic rings. The highest BCUT2D eigenvalue weighted by molar-refractivity contribution is 5.70. The molecule has 0 rings (SSSR count). The number of carboxylic acid groups (broad SMARTS) is 1. The molecule has 9 heteroatoms. The van der Waals surface area contributed by atoms with Crippen LogP contribution in [-0.2, 0) is 33.3 Å². The van der Waals surface area contributed by atoms with E-state index in [1.165, 1.54) is 96.3 Å². The number of likely N-dealkylation sites (N-methyl/N-ethyl adjacent to an activating group) is 1. The van der Waals surface area contributed by atoms with Crippen LogP contribution in [0.3, 0.4) is 0 Å². The zero-order valence-electron chi connectivity index (χ0n) is 50.5. The maximum Gasteiger partial charge on any atom is 0.306 e. The highest BCUT2D eigenvalue weighted by Gasteiger charge is 2.22. The Labute approximate surface area is 478 Å². The molecule has 0 aliphatic heterocycles. The van der Waals surface area contributed by atoms with Crippen LogP contribution < -0.4 is 5.11 Å². The molecule has 0 radical (unpaired) electrons. The van der Waals surface area contributed by atoms with Gasteiger partial charge >= 0.3 is 11.9 Å². The Hall–Kier alpha value is -4.31. The van der Waals surface area contributed by atoms with Crippen LogP contribution >= 0.6 is 0 Å². The lowest BCUT2D eigenvalue weighted by atomic mass is 10.0. The molecule has 2 atom stereocenters. The normalized spacial score (nSPS) is 13.6. The van der Waals surface area contributed by atoms with Gasteiger partial charge in [-0.3, -0.25) is 9.59 Å². The van der Waals surface area contributed by atoms with Crippen molar-refractivity contribution in [2.45, 2.75) is 251 Å². The summed E-state index contributed by atoms with van der Waals surface area (Å²) < 4.78 is 22.7. The summed E-state index contributed by atoms with van der Waals surface area (Å²) in [6.07, 6.45) is 79.7. The largest absolute Gasteiger partial charge is 0.545 e. The van der Waals surface area contributed by atoms with E-state index in [9.17, 15) is 19.5 Å². The first-order chi connectivity index (χ1) is 38.1. The number of esters is 2. The van der Waals surface area contributed by atoms with E-state index in [0.29, 0.717) is 17.4 Å². The number of hydrogen-bond acceptors (Lipinski definition) is 8. The van der Waals surface area contributed by atoms with E-state index in [2.05, 4.69) is 135 Å². The Bertz CT molecular complexity index is 1690. The van der Waals surface area contributed by atoms with Gasteiger partial charge in [0.15, 0.2) is 12.4 Å². The minimum absolute atomic E-state index is 0.142. The van der Waals surface area contributed by atoms with Crippen LogP contribution in [0.2, 0.25) is 0 Å². The molecule has 0 bridgehead atoms. The van der Waals surface area contributed by atoms with Gasteiger partial charge in [-0.15, -0.1) is 0 Å². The minimum atomic E-state index is -1.63. The van der Waals surface area contributed by atoms with Crippen LogP contribution in [0.4, 0.5) is 0 Å². The number of carbonyl (C=O) groups is 3. The Morgan fingerprint density at radius 1 is 0.397 bits per heavy atom. The molecule has 9 nitrogen and oxygen atoms in total. The van der Waals surface area contributed by atoms with Crippen molar-refractivity contribution in [1.29, 1.82) is 0 Å². The molecule has 0 heterocycles. The third-order valence-corrected chi connectivity index (χ3v) is 13.0. The molecule has 78 heavy (non-hydrogen) atoms. The molecule has 0 fully saturated rings. The van der Waals surface area contributed by atoms with Crippen molar-refractivity contribution in [3.05, 3.63) is 122 Å². The van der Waals surface area contributed by atoms with Crippen LogP contribution in [0.5, 0.6) is 0 Å². The molecule has 0 aromatic rings. The maximum atomic E-state index is 12.9. The number of ether oxygens (including phenoxy) is 4. The van der Waals surface area contributed by atoms with Gasteiger partial charge in [0.25, 0.3) is 0 Å². The fourth-order valence-electron chi connectivity index (χ4n) is 8.21. The van der Waals surface area contributed by atoms with Gasteiger partial charge in [-0.1, -0.05) is 257 Å². The summed E-state index contributed by atoms with van der Waals surface area (Å²) in [6.45, 7) is 4.62. The van der Waals surface area contributed by atoms with Gasteiger partial charge in [-0.05, 0) is 89.9 Å². The molecule has 0 spiro atoms. The molecule has 0 N–H and O–H groups in total. The number of hydrogen-bond donors (Lipinski definition) is 0. The van der Waals surface area contributed by atoms with Gasteiger partial charge in [0.1, 0.15) is 13.2 Å². The van der Waals surface area contributed by atoms with Gasteiger partial charge in [0.05, 0.1) is 40.3 Å². The molecule has 0 saturated heterocycles. The van der Waals surface area contributed by atoms with E-state index >= 15 is 0 Å². The van der Waals surface area contributed by atoms with Crippen molar-refractivity contribution in [2.75, 3.05) is 47.5 Å². The zero-order chi connectivity index (χ0) is 56.9. The minimum Gasteiger partial charge on any atom is -0.545 e. The van der Waals surface area contributed by atoms with Crippen molar-refractivity contribution in [3.63, 3.8) is 0 Å². The summed E-state index contributed by atoms with van der Waals surface area (Å²) in [4.78, 5) is 37.3. The van der Waals surface area contributed by atoms with E-state index in [1.54, 1.807) is 0 Å². The van der Waals surface area contributed by atoms with Crippen LogP contribution in [0.15, 0.2) is 122 Å². The van der Waals surface area contributed by atoms with E-state index in [-0.39, 0.29) is 38.6 Å². The first kappa shape index (κ1) is 73.7. The summed E-state index contributed by atoms with van der Waals surface area (Å²) in [5.41, 5.74) is 0. The van der Waals surface area contributed by atoms with Crippen LogP contribution in [0, 0.1) is 0 Å². The fourth-order valence-corrected chi connectivity index (χ4v) is 8.21. The number of unbranched alkanes of at least 4 members (excludes halogenated alkanes) is 21. The Kier molecular flexibility index (Phi) is 55.6. The molecule has 0 aromatic heterocycles. The Morgan fingerprint density at radius 3 is 1.09 bits per heavy atom. The molecular weight excluding hydrogens is 971 g/mol. The number of quaternary nitrogens is 1. The highest BCUT2D eigenvalue weighted by Crippen LogP contribution is 2.15. The monoisotopic (exact) mass is 1090 g/mol. The van der Waals surface area contributed by atoms with Crippen molar-refractivity contribution in [1.82, 2.24) is 0 Å². The third-order valence-electron chi connectivity index (χ3n) is 13.0. The second-order valence-corrected chi connectivity index (χ2v) is 21.6. The summed E-state index contributed by atoms with van der Waals surface area (Å²) >= 11 is 0. The molecule has 2 unspecified atom stereocenters. The van der Waals surface area contributed by atoms with Crippen molar-refractivity contribution in [2.24, 2.45) is 0 Å². The molecule has 444 valence electrons. The average Bonchev–Trinajstić information content (AvgIpc) is 3.41.